The Morgan fingerprint density at radius 2 is 1.39 bits per heavy atom. The van der Waals surface area contributed by atoms with E-state index in [4.69, 9.17) is 23.4 Å². The predicted octanol–water partition coefficient (Wildman–Crippen LogP) is 1.90. The number of ether oxygens (including phenoxy) is 2. The summed E-state index contributed by atoms with van der Waals surface area (Å²) in [5.74, 6) is -0.756. The minimum Gasteiger partial charge on any atom is 3.00 e. The third-order valence-electron chi connectivity index (χ3n) is 2.00. The molecular formula is C15H16FeO7+3. The fraction of sp³-hybridized carbons (Fsp3) is 0.400. The standard InChI is InChI=1S/C12H16O4.3CO.Fe/c1-8(13)15-10-5-11(16-9(2)14)7-12(3,4)6-10;3*1-2;/h5-6H,7H2,1-4H3;;;;/q;;;;+3. The molecule has 0 heterocycles. The summed E-state index contributed by atoms with van der Waals surface area (Å²) in [6.07, 6.45) is 4.99. The number of rotatable bonds is 2. The van der Waals surface area contributed by atoms with Crippen LogP contribution >= 0.6 is 0 Å². The molecule has 0 spiro atoms. The quantitative estimate of drug-likeness (QED) is 0.322. The van der Waals surface area contributed by atoms with Crippen molar-refractivity contribution in [1.82, 2.24) is 0 Å². The van der Waals surface area contributed by atoms with E-state index in [-0.39, 0.29) is 34.4 Å². The van der Waals surface area contributed by atoms with Gasteiger partial charge in [0.1, 0.15) is 0 Å². The van der Waals surface area contributed by atoms with Gasteiger partial charge < -0.3 is 9.47 Å². The van der Waals surface area contributed by atoms with Crippen molar-refractivity contribution in [2.45, 2.75) is 34.1 Å². The van der Waals surface area contributed by atoms with Gasteiger partial charge in [-0.3, -0.25) is 9.59 Å². The first-order valence-corrected chi connectivity index (χ1v) is 5.70. The molecule has 123 valence electrons. The van der Waals surface area contributed by atoms with Gasteiger partial charge in [0.15, 0.2) is 12.2 Å². The molecule has 1 aliphatic rings. The van der Waals surface area contributed by atoms with Crippen molar-refractivity contribution < 1.29 is 50.1 Å². The molecule has 0 amide bonds. The topological polar surface area (TPSA) is 112 Å². The summed E-state index contributed by atoms with van der Waals surface area (Å²) >= 11 is 0. The zero-order chi connectivity index (χ0) is 18.3. The van der Waals surface area contributed by atoms with E-state index in [0.717, 1.165) is 0 Å². The molecule has 0 saturated heterocycles. The van der Waals surface area contributed by atoms with Gasteiger partial charge in [0, 0.05) is 20.3 Å². The van der Waals surface area contributed by atoms with Crippen LogP contribution in [-0.4, -0.2) is 11.9 Å². The van der Waals surface area contributed by atoms with Gasteiger partial charge in [0.2, 0.25) is 0 Å². The summed E-state index contributed by atoms with van der Waals surface area (Å²) in [4.78, 5) is 21.7. The SMILES string of the molecule is CC(=O)O[C]1[CH][C](OC(C)=O)CC(C)(C)[CH]1.[C-]#[O+].[C-]#[O+].[C-]#[O+].[Fe+3]. The summed E-state index contributed by atoms with van der Waals surface area (Å²) in [5.41, 5.74) is -0.190. The van der Waals surface area contributed by atoms with Gasteiger partial charge in [-0.05, 0) is 11.8 Å². The Hall–Kier alpha value is -1.32. The van der Waals surface area contributed by atoms with Crippen molar-refractivity contribution in [3.8, 4) is 0 Å². The molecule has 0 aliphatic heterocycles. The minimum absolute atomic E-state index is 0. The second-order valence-corrected chi connectivity index (χ2v) is 4.51. The minimum atomic E-state index is -0.387. The van der Waals surface area contributed by atoms with Gasteiger partial charge in [-0.15, -0.1) is 0 Å². The van der Waals surface area contributed by atoms with Crippen molar-refractivity contribution in [2.75, 3.05) is 0 Å². The molecule has 1 aliphatic carbocycles. The molecule has 1 rings (SSSR count). The summed E-state index contributed by atoms with van der Waals surface area (Å²) in [5, 5.41) is 0. The summed E-state index contributed by atoms with van der Waals surface area (Å²) in [6, 6.07) is 0. The van der Waals surface area contributed by atoms with Crippen LogP contribution in [0, 0.1) is 50.4 Å². The molecule has 7 nitrogen and oxygen atoms in total. The first kappa shape index (κ1) is 29.7. The van der Waals surface area contributed by atoms with Gasteiger partial charge in [-0.25, -0.2) is 0 Å². The zero-order valence-corrected chi connectivity index (χ0v) is 14.2. The number of hydrogen-bond donors (Lipinski definition) is 0. The van der Waals surface area contributed by atoms with E-state index in [2.05, 4.69) is 20.0 Å². The summed E-state index contributed by atoms with van der Waals surface area (Å²) in [6.45, 7) is 20.1. The number of esters is 2. The molecule has 0 aromatic rings. The van der Waals surface area contributed by atoms with Gasteiger partial charge in [0.25, 0.3) is 0 Å². The van der Waals surface area contributed by atoms with Crippen molar-refractivity contribution in [2.24, 2.45) is 5.41 Å². The normalized spacial score (nSPS) is 15.2. The van der Waals surface area contributed by atoms with Crippen molar-refractivity contribution in [1.29, 1.82) is 0 Å². The second-order valence-electron chi connectivity index (χ2n) is 4.51. The molecule has 0 atom stereocenters. The molecule has 8 heteroatoms. The summed E-state index contributed by atoms with van der Waals surface area (Å²) < 4.78 is 32.5. The molecule has 0 bridgehead atoms. The first-order valence-electron chi connectivity index (χ1n) is 5.70. The maximum absolute atomic E-state index is 10.9. The molecule has 0 unspecified atom stereocenters. The predicted molar refractivity (Wildman–Crippen MR) is 68.8 cm³/mol. The van der Waals surface area contributed by atoms with E-state index in [1.165, 1.54) is 13.8 Å². The maximum Gasteiger partial charge on any atom is 3.00 e. The van der Waals surface area contributed by atoms with Gasteiger partial charge in [0.05, 0.1) is 6.42 Å². The van der Waals surface area contributed by atoms with Crippen LogP contribution < -0.4 is 0 Å². The van der Waals surface area contributed by atoms with E-state index in [1.807, 2.05) is 20.3 Å². The third-order valence-corrected chi connectivity index (χ3v) is 2.00. The fourth-order valence-electron chi connectivity index (χ4n) is 1.61. The number of hydrogen-bond acceptors (Lipinski definition) is 4. The molecule has 0 aromatic heterocycles. The first-order chi connectivity index (χ1) is 10.3. The molecule has 0 aromatic carbocycles. The average Bonchev–Trinajstić information content (AvgIpc) is 2.42. The van der Waals surface area contributed by atoms with Gasteiger partial charge >= 0.3 is 62.9 Å². The van der Waals surface area contributed by atoms with Crippen molar-refractivity contribution in [3.63, 3.8) is 0 Å². The molecule has 1 fully saturated rings. The van der Waals surface area contributed by atoms with Gasteiger partial charge in [-0.1, -0.05) is 13.8 Å². The Bertz CT molecular complexity index is 358. The maximum atomic E-state index is 10.9. The van der Waals surface area contributed by atoms with Crippen LogP contribution in [0.2, 0.25) is 0 Å². The number of carbonyl (C=O) groups is 2. The van der Waals surface area contributed by atoms with Crippen LogP contribution in [0.1, 0.15) is 34.1 Å². The van der Waals surface area contributed by atoms with Crippen LogP contribution in [0.15, 0.2) is 0 Å². The average molecular weight is 364 g/mol. The van der Waals surface area contributed by atoms with Crippen LogP contribution in [0.5, 0.6) is 0 Å². The van der Waals surface area contributed by atoms with Crippen molar-refractivity contribution >= 4 is 11.9 Å². The Kier molecular flexibility index (Phi) is 22.0. The van der Waals surface area contributed by atoms with Crippen LogP contribution in [0.4, 0.5) is 0 Å². The van der Waals surface area contributed by atoms with E-state index in [1.54, 1.807) is 6.42 Å². The Morgan fingerprint density at radius 3 is 1.74 bits per heavy atom. The van der Waals surface area contributed by atoms with E-state index >= 15 is 0 Å². The molecule has 0 N–H and O–H groups in total. The van der Waals surface area contributed by atoms with Crippen LogP contribution in [0.3, 0.4) is 0 Å². The monoisotopic (exact) mass is 364 g/mol. The number of carbonyl (C=O) groups excluding carboxylic acids is 2. The fourth-order valence-corrected chi connectivity index (χ4v) is 1.61. The summed E-state index contributed by atoms with van der Waals surface area (Å²) in [7, 11) is 0. The Morgan fingerprint density at radius 1 is 1.00 bits per heavy atom. The van der Waals surface area contributed by atoms with Crippen LogP contribution in [0.25, 0.3) is 0 Å². The Labute approximate surface area is 147 Å². The molecule has 5 radical (unpaired) electrons. The molecular weight excluding hydrogens is 348 g/mol. The zero-order valence-electron chi connectivity index (χ0n) is 13.1. The van der Waals surface area contributed by atoms with Gasteiger partial charge in [-0.2, -0.15) is 0 Å². The van der Waals surface area contributed by atoms with Crippen molar-refractivity contribution in [3.05, 3.63) is 45.0 Å². The third kappa shape index (κ3) is 16.9. The smallest absolute Gasteiger partial charge is 3.00 e. The molecule has 1 saturated carbocycles. The Balaban J connectivity index is -0.000000231. The molecule has 23 heavy (non-hydrogen) atoms. The van der Waals surface area contributed by atoms with Crippen LogP contribution in [-0.2, 0) is 50.1 Å². The van der Waals surface area contributed by atoms with E-state index in [0.29, 0.717) is 18.6 Å². The van der Waals surface area contributed by atoms with E-state index < -0.39 is 0 Å². The van der Waals surface area contributed by atoms with E-state index in [9.17, 15) is 9.59 Å². The second kappa shape index (κ2) is 17.0. The largest absolute Gasteiger partial charge is 3.00 e.